The average Bonchev–Trinajstić information content (AvgIpc) is 2.34. The number of nitrogens with zero attached hydrogens (tertiary/aromatic N) is 1. The minimum absolute atomic E-state index is 0.105. The highest BCUT2D eigenvalue weighted by Crippen LogP contribution is 2.32. The Bertz CT molecular complexity index is 448. The first kappa shape index (κ1) is 15.1. The van der Waals surface area contributed by atoms with Crippen LogP contribution >= 0.6 is 22.6 Å². The third kappa shape index (κ3) is 3.83. The molecule has 1 saturated heterocycles. The van der Waals surface area contributed by atoms with Crippen molar-refractivity contribution >= 4 is 22.6 Å². The van der Waals surface area contributed by atoms with Crippen molar-refractivity contribution in [2.75, 3.05) is 26.3 Å². The average molecular weight is 371 g/mol. The van der Waals surface area contributed by atoms with E-state index in [0.29, 0.717) is 5.75 Å². The highest BCUT2D eigenvalue weighted by atomic mass is 123. The second kappa shape index (κ2) is 5.97. The Morgan fingerprint density at radius 2 is 1.89 bits per heavy atom. The second-order valence-electron chi connectivity index (χ2n) is 6.10. The number of morpholine rings is 1. The molecule has 19 heavy (non-hydrogen) atoms. The molecule has 0 aromatic heterocycles. The lowest BCUT2D eigenvalue weighted by Crippen LogP contribution is -2.35. The maximum Gasteiger partial charge on any atom is 0.133 e. The highest BCUT2D eigenvalue weighted by molar-refractivity contribution is 14.1. The van der Waals surface area contributed by atoms with Crippen molar-refractivity contribution in [2.45, 2.75) is 32.7 Å². The van der Waals surface area contributed by atoms with Gasteiger partial charge < -0.3 is 9.84 Å². The zero-order valence-electron chi connectivity index (χ0n) is 11.9. The summed E-state index contributed by atoms with van der Waals surface area (Å²) in [5, 5.41) is 10.3. The van der Waals surface area contributed by atoms with Crippen molar-refractivity contribution in [2.24, 2.45) is 0 Å². The van der Waals surface area contributed by atoms with Crippen molar-refractivity contribution in [1.82, 2.24) is 4.90 Å². The van der Waals surface area contributed by atoms with Crippen LogP contribution in [0.1, 0.15) is 31.9 Å². The molecule has 0 spiro atoms. The fraction of sp³-hybridized carbons (Fsp3) is 0.600. The lowest BCUT2D eigenvalue weighted by Gasteiger charge is -2.28. The molecular weight excluding hydrogens is 349 g/mol. The molecule has 0 amide bonds. The molecule has 0 saturated carbocycles. The van der Waals surface area contributed by atoms with Crippen molar-refractivity contribution in [3.8, 4) is 5.75 Å². The summed E-state index contributed by atoms with van der Waals surface area (Å²) in [5.74, 6) is 0.431. The molecule has 0 atom stereocenters. The Kier molecular flexibility index (Phi) is 4.74. The smallest absolute Gasteiger partial charge is 0.133 e. The van der Waals surface area contributed by atoms with Gasteiger partial charge in [-0.25, -0.2) is 0 Å². The molecule has 0 bridgehead atoms. The van der Waals surface area contributed by atoms with Gasteiger partial charge in [0.25, 0.3) is 0 Å². The van der Waals surface area contributed by atoms with Crippen molar-refractivity contribution in [3.63, 3.8) is 0 Å². The molecule has 1 fully saturated rings. The number of phenolic OH excluding ortho intramolecular Hbond substituents is 1. The van der Waals surface area contributed by atoms with E-state index in [0.717, 1.165) is 42.0 Å². The van der Waals surface area contributed by atoms with E-state index in [1.54, 1.807) is 0 Å². The van der Waals surface area contributed by atoms with Crippen LogP contribution in [-0.2, 0) is 16.7 Å². The number of halogens is 1. The quantitative estimate of drug-likeness (QED) is 0.811. The molecule has 1 N–H and O–H groups in total. The molecule has 0 unspecified atom stereocenters. The van der Waals surface area contributed by atoms with Gasteiger partial charge in [0.15, 0.2) is 0 Å². The maximum atomic E-state index is 10.3. The molecule has 4 heteroatoms. The number of phenols is 1. The van der Waals surface area contributed by atoms with Crippen molar-refractivity contribution < 1.29 is 9.84 Å². The van der Waals surface area contributed by atoms with Gasteiger partial charge in [0.1, 0.15) is 5.75 Å². The van der Waals surface area contributed by atoms with Gasteiger partial charge in [0.2, 0.25) is 0 Å². The zero-order valence-corrected chi connectivity index (χ0v) is 14.0. The third-order valence-electron chi connectivity index (χ3n) is 3.51. The number of aromatic hydroxyl groups is 1. The summed E-state index contributed by atoms with van der Waals surface area (Å²) in [6, 6.07) is 4.23. The summed E-state index contributed by atoms with van der Waals surface area (Å²) in [7, 11) is 0. The first-order valence-electron chi connectivity index (χ1n) is 6.70. The Hall–Kier alpha value is -0.330. The molecule has 2 rings (SSSR count). The molecule has 1 aromatic carbocycles. The van der Waals surface area contributed by atoms with Gasteiger partial charge >= 0.3 is 0 Å². The van der Waals surface area contributed by atoms with E-state index >= 15 is 0 Å². The van der Waals surface area contributed by atoms with E-state index in [-0.39, 0.29) is 5.41 Å². The SMILES string of the molecule is CC(C)(C)c1cc([123I])c(O)c(CN2CCOCC2)c1. The van der Waals surface area contributed by atoms with E-state index in [2.05, 4.69) is 60.4 Å². The lowest BCUT2D eigenvalue weighted by molar-refractivity contribution is 0.0338. The zero-order chi connectivity index (χ0) is 14.0. The predicted molar refractivity (Wildman–Crippen MR) is 85.6 cm³/mol. The largest absolute Gasteiger partial charge is 0.507 e. The molecule has 1 aliphatic heterocycles. The third-order valence-corrected chi connectivity index (χ3v) is 4.33. The van der Waals surface area contributed by atoms with Crippen LogP contribution in [0, 0.1) is 3.57 Å². The minimum atomic E-state index is 0.105. The van der Waals surface area contributed by atoms with E-state index < -0.39 is 0 Å². The standard InChI is InChI=1S/C15H22INO2/c1-15(2,3)12-8-11(14(18)13(16)9-12)10-17-4-6-19-7-5-17/h8-9,18H,4-7,10H2,1-3H3/i16-4. The van der Waals surface area contributed by atoms with E-state index in [4.69, 9.17) is 4.74 Å². The Morgan fingerprint density at radius 1 is 1.26 bits per heavy atom. The maximum absolute atomic E-state index is 10.3. The van der Waals surface area contributed by atoms with Crippen molar-refractivity contribution in [3.05, 3.63) is 26.8 Å². The van der Waals surface area contributed by atoms with Crippen molar-refractivity contribution in [1.29, 1.82) is 0 Å². The lowest BCUT2D eigenvalue weighted by atomic mass is 9.86. The van der Waals surface area contributed by atoms with Gasteiger partial charge in [-0.1, -0.05) is 26.8 Å². The summed E-state index contributed by atoms with van der Waals surface area (Å²) in [5.41, 5.74) is 2.41. The molecule has 1 aromatic rings. The first-order valence-corrected chi connectivity index (χ1v) is 7.78. The van der Waals surface area contributed by atoms with E-state index in [1.807, 2.05) is 0 Å². The molecule has 106 valence electrons. The predicted octanol–water partition coefficient (Wildman–Crippen LogP) is 3.13. The number of benzene rings is 1. The van der Waals surface area contributed by atoms with E-state index in [1.165, 1.54) is 5.56 Å². The molecule has 1 heterocycles. The molecule has 0 aliphatic carbocycles. The highest BCUT2D eigenvalue weighted by Gasteiger charge is 2.19. The summed E-state index contributed by atoms with van der Waals surface area (Å²) in [6.07, 6.45) is 0. The number of rotatable bonds is 2. The van der Waals surface area contributed by atoms with Crippen LogP contribution in [0.2, 0.25) is 0 Å². The van der Waals surface area contributed by atoms with Gasteiger partial charge in [-0.2, -0.15) is 0 Å². The number of hydrogen-bond donors (Lipinski definition) is 1. The monoisotopic (exact) mass is 371 g/mol. The fourth-order valence-electron chi connectivity index (χ4n) is 2.21. The normalized spacial score (nSPS) is 17.7. The minimum Gasteiger partial charge on any atom is -0.507 e. The number of hydrogen-bond acceptors (Lipinski definition) is 3. The van der Waals surface area contributed by atoms with Crippen LogP contribution < -0.4 is 0 Å². The van der Waals surface area contributed by atoms with Gasteiger partial charge in [0.05, 0.1) is 16.8 Å². The van der Waals surface area contributed by atoms with Crippen LogP contribution in [0.4, 0.5) is 0 Å². The van der Waals surface area contributed by atoms with Crippen LogP contribution in [0.5, 0.6) is 5.75 Å². The Labute approximate surface area is 129 Å². The van der Waals surface area contributed by atoms with Gasteiger partial charge in [0, 0.05) is 25.2 Å². The molecular formula is C15H22INO2. The Morgan fingerprint density at radius 3 is 2.47 bits per heavy atom. The summed E-state index contributed by atoms with van der Waals surface area (Å²) >= 11 is 2.22. The first-order chi connectivity index (χ1) is 8.88. The number of ether oxygens (including phenoxy) is 1. The summed E-state index contributed by atoms with van der Waals surface area (Å²) in [6.45, 7) is 10.9. The van der Waals surface area contributed by atoms with Crippen LogP contribution in [0.25, 0.3) is 0 Å². The van der Waals surface area contributed by atoms with Crippen LogP contribution in [0.15, 0.2) is 12.1 Å². The van der Waals surface area contributed by atoms with Gasteiger partial charge in [-0.15, -0.1) is 0 Å². The topological polar surface area (TPSA) is 32.7 Å². The molecule has 1 aliphatic rings. The molecule has 3 nitrogen and oxygen atoms in total. The van der Waals surface area contributed by atoms with Crippen LogP contribution in [-0.4, -0.2) is 36.3 Å². The van der Waals surface area contributed by atoms with Gasteiger partial charge in [-0.3, -0.25) is 4.90 Å². The summed E-state index contributed by atoms with van der Waals surface area (Å²) in [4.78, 5) is 2.33. The molecule has 0 radical (unpaired) electrons. The van der Waals surface area contributed by atoms with E-state index in [9.17, 15) is 5.11 Å². The summed E-state index contributed by atoms with van der Waals surface area (Å²) < 4.78 is 6.30. The second-order valence-corrected chi connectivity index (χ2v) is 7.27. The van der Waals surface area contributed by atoms with Crippen LogP contribution in [0.3, 0.4) is 0 Å². The van der Waals surface area contributed by atoms with Gasteiger partial charge in [-0.05, 0) is 39.6 Å². The Balaban J connectivity index is 2.25. The fourth-order valence-corrected chi connectivity index (χ4v) is 2.89.